The summed E-state index contributed by atoms with van der Waals surface area (Å²) in [5.41, 5.74) is 0.379. The second-order valence-corrected chi connectivity index (χ2v) is 7.66. The number of guanidine groups is 1. The average molecular weight is 465 g/mol. The molecule has 0 spiro atoms. The number of halogens is 1. The molecule has 0 aliphatic heterocycles. The lowest BCUT2D eigenvalue weighted by atomic mass is 9.86. The highest BCUT2D eigenvalue weighted by Gasteiger charge is 2.29. The Bertz CT molecular complexity index is 428. The number of rotatable bonds is 6. The lowest BCUT2D eigenvalue weighted by Gasteiger charge is -2.29. The van der Waals surface area contributed by atoms with E-state index in [2.05, 4.69) is 24.5 Å². The van der Waals surface area contributed by atoms with E-state index in [1.165, 1.54) is 25.7 Å². The van der Waals surface area contributed by atoms with E-state index in [9.17, 15) is 4.79 Å². The third kappa shape index (κ3) is 7.31. The van der Waals surface area contributed by atoms with Crippen molar-refractivity contribution >= 4 is 35.9 Å². The molecule has 25 heavy (non-hydrogen) atoms. The first-order valence-corrected chi connectivity index (χ1v) is 9.78. The largest absolute Gasteiger partial charge is 0.466 e. The van der Waals surface area contributed by atoms with Crippen LogP contribution in [-0.2, 0) is 9.53 Å². The van der Waals surface area contributed by atoms with Crippen LogP contribution in [-0.4, -0.2) is 37.7 Å². The second-order valence-electron chi connectivity index (χ2n) is 7.66. The minimum atomic E-state index is -0.0225. The van der Waals surface area contributed by atoms with E-state index in [1.54, 1.807) is 0 Å². The molecule has 5 nitrogen and oxygen atoms in total. The highest BCUT2D eigenvalue weighted by molar-refractivity contribution is 14.0. The predicted octanol–water partition coefficient (Wildman–Crippen LogP) is 3.86. The summed E-state index contributed by atoms with van der Waals surface area (Å²) >= 11 is 0. The van der Waals surface area contributed by atoms with E-state index in [0.29, 0.717) is 18.1 Å². The van der Waals surface area contributed by atoms with Crippen LogP contribution in [0.4, 0.5) is 0 Å². The summed E-state index contributed by atoms with van der Waals surface area (Å²) in [7, 11) is 0. The van der Waals surface area contributed by atoms with Gasteiger partial charge in [0.1, 0.15) is 0 Å². The average Bonchev–Trinajstić information content (AvgIpc) is 3.01. The summed E-state index contributed by atoms with van der Waals surface area (Å²) in [5, 5.41) is 6.95. The van der Waals surface area contributed by atoms with Crippen LogP contribution in [0.15, 0.2) is 4.99 Å². The van der Waals surface area contributed by atoms with Crippen molar-refractivity contribution in [2.24, 2.45) is 16.3 Å². The van der Waals surface area contributed by atoms with Gasteiger partial charge in [-0.15, -0.1) is 24.0 Å². The van der Waals surface area contributed by atoms with Crippen molar-refractivity contribution < 1.29 is 9.53 Å². The van der Waals surface area contributed by atoms with Crippen molar-refractivity contribution in [2.75, 3.05) is 19.7 Å². The second kappa shape index (κ2) is 11.2. The molecule has 0 radical (unpaired) electrons. The number of nitrogens with zero attached hydrogens (tertiary/aromatic N) is 1. The van der Waals surface area contributed by atoms with Gasteiger partial charge in [-0.05, 0) is 57.8 Å². The van der Waals surface area contributed by atoms with Gasteiger partial charge in [0.2, 0.25) is 0 Å². The van der Waals surface area contributed by atoms with Gasteiger partial charge in [-0.2, -0.15) is 0 Å². The summed E-state index contributed by atoms with van der Waals surface area (Å²) in [6.07, 6.45) is 9.10. The lowest BCUT2D eigenvalue weighted by molar-refractivity contribution is -0.149. The highest BCUT2D eigenvalue weighted by atomic mass is 127. The SMILES string of the molecule is CCNC(=NCC1(C)CCCC1)NC1CCC(C(=O)OCC)CC1.I. The summed E-state index contributed by atoms with van der Waals surface area (Å²) in [6, 6.07) is 0.407. The van der Waals surface area contributed by atoms with Gasteiger partial charge in [-0.25, -0.2) is 0 Å². The third-order valence-corrected chi connectivity index (χ3v) is 5.46. The summed E-state index contributed by atoms with van der Waals surface area (Å²) in [6.45, 7) is 8.59. The molecule has 146 valence electrons. The molecule has 0 bridgehead atoms. The number of aliphatic imine (C=N–C) groups is 1. The van der Waals surface area contributed by atoms with Crippen molar-refractivity contribution in [3.8, 4) is 0 Å². The van der Waals surface area contributed by atoms with E-state index in [0.717, 1.165) is 44.7 Å². The molecule has 0 unspecified atom stereocenters. The zero-order valence-corrected chi connectivity index (χ0v) is 18.4. The molecule has 0 saturated heterocycles. The van der Waals surface area contributed by atoms with Gasteiger partial charge in [-0.1, -0.05) is 19.8 Å². The first-order chi connectivity index (χ1) is 11.6. The predicted molar refractivity (Wildman–Crippen MR) is 113 cm³/mol. The molecule has 2 rings (SSSR count). The number of carbonyl (C=O) groups is 1. The molecular weight excluding hydrogens is 429 g/mol. The molecule has 0 aromatic carbocycles. The van der Waals surface area contributed by atoms with Gasteiger partial charge in [-0.3, -0.25) is 9.79 Å². The molecular formula is C19H36IN3O2. The quantitative estimate of drug-likeness (QED) is 0.271. The van der Waals surface area contributed by atoms with Crippen molar-refractivity contribution in [3.63, 3.8) is 0 Å². The van der Waals surface area contributed by atoms with Crippen LogP contribution in [0.1, 0.15) is 72.1 Å². The summed E-state index contributed by atoms with van der Waals surface area (Å²) in [5.74, 6) is 0.996. The van der Waals surface area contributed by atoms with Crippen molar-refractivity contribution in [3.05, 3.63) is 0 Å². The van der Waals surface area contributed by atoms with Crippen molar-refractivity contribution in [1.29, 1.82) is 0 Å². The number of esters is 1. The Labute approximate surface area is 170 Å². The zero-order chi connectivity index (χ0) is 17.4. The Hall–Kier alpha value is -0.530. The Morgan fingerprint density at radius 2 is 1.80 bits per heavy atom. The Morgan fingerprint density at radius 3 is 2.36 bits per heavy atom. The number of ether oxygens (including phenoxy) is 1. The fraction of sp³-hybridized carbons (Fsp3) is 0.895. The van der Waals surface area contributed by atoms with E-state index < -0.39 is 0 Å². The molecule has 2 fully saturated rings. The van der Waals surface area contributed by atoms with Crippen LogP contribution in [0.5, 0.6) is 0 Å². The van der Waals surface area contributed by atoms with Gasteiger partial charge >= 0.3 is 5.97 Å². The maximum Gasteiger partial charge on any atom is 0.308 e. The van der Waals surface area contributed by atoms with E-state index in [1.807, 2.05) is 6.92 Å². The van der Waals surface area contributed by atoms with E-state index >= 15 is 0 Å². The first kappa shape index (κ1) is 22.5. The number of hydrogen-bond donors (Lipinski definition) is 2. The van der Waals surface area contributed by atoms with Crippen LogP contribution in [0.25, 0.3) is 0 Å². The Balaban J connectivity index is 0.00000312. The monoisotopic (exact) mass is 465 g/mol. The maximum atomic E-state index is 11.8. The van der Waals surface area contributed by atoms with E-state index in [-0.39, 0.29) is 35.9 Å². The molecule has 0 aromatic rings. The number of hydrogen-bond acceptors (Lipinski definition) is 3. The van der Waals surface area contributed by atoms with Crippen LogP contribution in [0, 0.1) is 11.3 Å². The summed E-state index contributed by atoms with van der Waals surface area (Å²) < 4.78 is 5.15. The standard InChI is InChI=1S/C19H35N3O2.HI/c1-4-20-18(21-14-19(3)12-6-7-13-19)22-16-10-8-15(9-11-16)17(23)24-5-2;/h15-16H,4-14H2,1-3H3,(H2,20,21,22);1H. The maximum absolute atomic E-state index is 11.8. The smallest absolute Gasteiger partial charge is 0.308 e. The minimum absolute atomic E-state index is 0. The van der Waals surface area contributed by atoms with Gasteiger partial charge in [0.05, 0.1) is 12.5 Å². The number of nitrogens with one attached hydrogen (secondary N) is 2. The molecule has 2 saturated carbocycles. The molecule has 0 heterocycles. The normalized spacial score (nSPS) is 25.8. The van der Waals surface area contributed by atoms with Crippen molar-refractivity contribution in [1.82, 2.24) is 10.6 Å². The van der Waals surface area contributed by atoms with Crippen molar-refractivity contribution in [2.45, 2.75) is 78.2 Å². The van der Waals surface area contributed by atoms with E-state index in [4.69, 9.17) is 9.73 Å². The molecule has 0 aromatic heterocycles. The molecule has 2 aliphatic carbocycles. The first-order valence-electron chi connectivity index (χ1n) is 9.78. The molecule has 2 N–H and O–H groups in total. The van der Waals surface area contributed by atoms with Gasteiger partial charge in [0.15, 0.2) is 5.96 Å². The Kier molecular flexibility index (Phi) is 10.1. The van der Waals surface area contributed by atoms with Gasteiger partial charge in [0, 0.05) is 19.1 Å². The fourth-order valence-electron chi connectivity index (χ4n) is 3.90. The Morgan fingerprint density at radius 1 is 1.16 bits per heavy atom. The lowest BCUT2D eigenvalue weighted by Crippen LogP contribution is -2.45. The topological polar surface area (TPSA) is 62.7 Å². The third-order valence-electron chi connectivity index (χ3n) is 5.46. The van der Waals surface area contributed by atoms with Gasteiger partial charge < -0.3 is 15.4 Å². The highest BCUT2D eigenvalue weighted by Crippen LogP contribution is 2.37. The van der Waals surface area contributed by atoms with Crippen LogP contribution in [0.3, 0.4) is 0 Å². The molecule has 0 amide bonds. The van der Waals surface area contributed by atoms with Crippen LogP contribution < -0.4 is 10.6 Å². The van der Waals surface area contributed by atoms with Crippen LogP contribution >= 0.6 is 24.0 Å². The molecule has 6 heteroatoms. The molecule has 2 aliphatic rings. The minimum Gasteiger partial charge on any atom is -0.466 e. The summed E-state index contributed by atoms with van der Waals surface area (Å²) in [4.78, 5) is 16.7. The fourth-order valence-corrected chi connectivity index (χ4v) is 3.90. The van der Waals surface area contributed by atoms with Gasteiger partial charge in [0.25, 0.3) is 0 Å². The zero-order valence-electron chi connectivity index (χ0n) is 16.1. The number of carbonyl (C=O) groups excluding carboxylic acids is 1. The molecule has 0 atom stereocenters. The van der Waals surface area contributed by atoms with Crippen LogP contribution in [0.2, 0.25) is 0 Å².